The molecule has 2 rings (SSSR count). The van der Waals surface area contributed by atoms with Gasteiger partial charge in [0.25, 0.3) is 0 Å². The van der Waals surface area contributed by atoms with Gasteiger partial charge in [0.15, 0.2) is 10.6 Å². The second-order valence-electron chi connectivity index (χ2n) is 6.14. The van der Waals surface area contributed by atoms with E-state index < -0.39 is 0 Å². The molecule has 0 amide bonds. The molecule has 120 valence electrons. The van der Waals surface area contributed by atoms with Crippen LogP contribution in [0, 0.1) is 10.7 Å². The van der Waals surface area contributed by atoms with E-state index in [1.165, 1.54) is 6.42 Å². The monoisotopic (exact) mass is 313 g/mol. The summed E-state index contributed by atoms with van der Waals surface area (Å²) in [6, 6.07) is 0. The molecule has 1 unspecified atom stereocenters. The Kier molecular flexibility index (Phi) is 5.92. The molecule has 6 nitrogen and oxygen atoms in total. The van der Waals surface area contributed by atoms with E-state index in [1.54, 1.807) is 0 Å². The Morgan fingerprint density at radius 1 is 1.43 bits per heavy atom. The first-order valence-corrected chi connectivity index (χ1v) is 8.10. The zero-order valence-corrected chi connectivity index (χ0v) is 14.1. The van der Waals surface area contributed by atoms with E-state index >= 15 is 0 Å². The third-order valence-corrected chi connectivity index (χ3v) is 4.35. The lowest BCUT2D eigenvalue weighted by Gasteiger charge is -2.18. The van der Waals surface area contributed by atoms with Crippen LogP contribution in [0.2, 0.25) is 0 Å². The summed E-state index contributed by atoms with van der Waals surface area (Å²) >= 11 is 5.50. The largest absolute Gasteiger partial charge is 0.388 e. The smallest absolute Gasteiger partial charge is 0.199 e. The van der Waals surface area contributed by atoms with Crippen LogP contribution in [0.15, 0.2) is 0 Å². The normalized spacial score (nSPS) is 19.8. The Morgan fingerprint density at radius 3 is 2.81 bits per heavy atom. The van der Waals surface area contributed by atoms with E-state index in [4.69, 9.17) is 12.2 Å². The number of hydrogen-bond acceptors (Lipinski definition) is 5. The van der Waals surface area contributed by atoms with Crippen LogP contribution in [-0.4, -0.2) is 63.0 Å². The van der Waals surface area contributed by atoms with Crippen molar-refractivity contribution in [3.05, 3.63) is 10.6 Å². The topological polar surface area (TPSA) is 49.5 Å². The van der Waals surface area contributed by atoms with E-state index in [-0.39, 0.29) is 6.61 Å². The van der Waals surface area contributed by atoms with Crippen LogP contribution in [-0.2, 0) is 19.8 Å². The van der Waals surface area contributed by atoms with Crippen LogP contribution >= 0.6 is 12.2 Å². The predicted molar refractivity (Wildman–Crippen MR) is 85.5 cm³/mol. The molecule has 7 heteroatoms. The molecule has 1 fully saturated rings. The first-order chi connectivity index (χ1) is 10.0. The van der Waals surface area contributed by atoms with Crippen molar-refractivity contribution in [2.24, 2.45) is 5.92 Å². The van der Waals surface area contributed by atoms with Gasteiger partial charge in [0.1, 0.15) is 6.61 Å². The summed E-state index contributed by atoms with van der Waals surface area (Å²) in [4.78, 5) is 4.65. The van der Waals surface area contributed by atoms with Crippen molar-refractivity contribution in [3.63, 3.8) is 0 Å². The highest BCUT2D eigenvalue weighted by Crippen LogP contribution is 2.17. The van der Waals surface area contributed by atoms with E-state index in [2.05, 4.69) is 35.9 Å². The molecule has 1 saturated heterocycles. The highest BCUT2D eigenvalue weighted by molar-refractivity contribution is 7.71. The molecular formula is C14H27N5OS. The van der Waals surface area contributed by atoms with Gasteiger partial charge in [-0.15, -0.1) is 0 Å². The first-order valence-electron chi connectivity index (χ1n) is 7.69. The molecular weight excluding hydrogens is 286 g/mol. The fourth-order valence-corrected chi connectivity index (χ4v) is 3.33. The maximum absolute atomic E-state index is 9.42. The van der Waals surface area contributed by atoms with Gasteiger partial charge < -0.3 is 14.6 Å². The predicted octanol–water partition coefficient (Wildman–Crippen LogP) is 1.16. The summed E-state index contributed by atoms with van der Waals surface area (Å²) in [6.45, 7) is 6.91. The van der Waals surface area contributed by atoms with Gasteiger partial charge in [0.05, 0.1) is 6.67 Å². The molecule has 0 aliphatic carbocycles. The fraction of sp³-hybridized carbons (Fsp3) is 0.857. The Bertz CT molecular complexity index is 510. The second-order valence-corrected chi connectivity index (χ2v) is 6.51. The number of rotatable bonds is 7. The zero-order chi connectivity index (χ0) is 15.4. The molecule has 0 spiro atoms. The van der Waals surface area contributed by atoms with Crippen molar-refractivity contribution >= 4 is 12.2 Å². The summed E-state index contributed by atoms with van der Waals surface area (Å²) in [5.41, 5.74) is 0. The molecule has 1 N–H and O–H groups in total. The second kappa shape index (κ2) is 7.49. The van der Waals surface area contributed by atoms with Crippen LogP contribution in [0.25, 0.3) is 0 Å². The van der Waals surface area contributed by atoms with Crippen molar-refractivity contribution in [1.29, 1.82) is 0 Å². The number of aliphatic hydroxyl groups excluding tert-OH is 1. The molecule has 0 saturated carbocycles. The van der Waals surface area contributed by atoms with E-state index in [9.17, 15) is 5.11 Å². The van der Waals surface area contributed by atoms with E-state index in [0.717, 1.165) is 50.0 Å². The number of aromatic nitrogens is 3. The van der Waals surface area contributed by atoms with Crippen LogP contribution in [0.3, 0.4) is 0 Å². The lowest BCUT2D eigenvalue weighted by atomic mass is 10.1. The molecule has 1 aliphatic rings. The van der Waals surface area contributed by atoms with Gasteiger partial charge in [0.2, 0.25) is 0 Å². The van der Waals surface area contributed by atoms with Gasteiger partial charge in [-0.1, -0.05) is 6.92 Å². The molecule has 21 heavy (non-hydrogen) atoms. The van der Waals surface area contributed by atoms with Gasteiger partial charge in [-0.05, 0) is 45.1 Å². The maximum atomic E-state index is 9.42. The molecule has 1 aliphatic heterocycles. The minimum absolute atomic E-state index is 0.0557. The number of likely N-dealkylation sites (tertiary alicyclic amines) is 1. The van der Waals surface area contributed by atoms with E-state index in [0.29, 0.717) is 5.82 Å². The van der Waals surface area contributed by atoms with Crippen LogP contribution in [0.5, 0.6) is 0 Å². The van der Waals surface area contributed by atoms with Crippen LogP contribution in [0.4, 0.5) is 0 Å². The van der Waals surface area contributed by atoms with E-state index in [1.807, 2.05) is 9.25 Å². The standard InChI is InChI=1S/C14H27N5OS/c1-4-6-18-13(10-20)15-19(14(18)21)11-17-7-5-12(9-17)8-16(2)3/h12,20H,4-11H2,1-3H3. The molecule has 0 bridgehead atoms. The Labute approximate surface area is 132 Å². The summed E-state index contributed by atoms with van der Waals surface area (Å²) in [5.74, 6) is 1.40. The molecule has 1 aromatic heterocycles. The number of aliphatic hydroxyl groups is 1. The van der Waals surface area contributed by atoms with Gasteiger partial charge in [-0.2, -0.15) is 5.10 Å². The molecule has 0 radical (unpaired) electrons. The molecule has 1 atom stereocenters. The molecule has 1 aromatic rings. The highest BCUT2D eigenvalue weighted by Gasteiger charge is 2.23. The maximum Gasteiger partial charge on any atom is 0.199 e. The average molecular weight is 313 g/mol. The van der Waals surface area contributed by atoms with Crippen molar-refractivity contribution in [1.82, 2.24) is 24.1 Å². The molecule has 2 heterocycles. The van der Waals surface area contributed by atoms with Gasteiger partial charge in [-0.3, -0.25) is 4.90 Å². The SMILES string of the molecule is CCCn1c(CO)nn(CN2CCC(CN(C)C)C2)c1=S. The third kappa shape index (κ3) is 4.12. The fourth-order valence-electron chi connectivity index (χ4n) is 3.04. The lowest BCUT2D eigenvalue weighted by molar-refractivity contribution is 0.230. The minimum Gasteiger partial charge on any atom is -0.388 e. The number of hydrogen-bond donors (Lipinski definition) is 1. The lowest BCUT2D eigenvalue weighted by Crippen LogP contribution is -2.28. The summed E-state index contributed by atoms with van der Waals surface area (Å²) < 4.78 is 4.52. The van der Waals surface area contributed by atoms with Gasteiger partial charge in [0, 0.05) is 26.2 Å². The Hall–Kier alpha value is -0.760. The van der Waals surface area contributed by atoms with Gasteiger partial charge >= 0.3 is 0 Å². The van der Waals surface area contributed by atoms with Crippen LogP contribution < -0.4 is 0 Å². The summed E-state index contributed by atoms with van der Waals surface area (Å²) in [5, 5.41) is 13.9. The first kappa shape index (κ1) is 16.6. The summed E-state index contributed by atoms with van der Waals surface area (Å²) in [7, 11) is 4.25. The Morgan fingerprint density at radius 2 is 2.19 bits per heavy atom. The molecule has 0 aromatic carbocycles. The van der Waals surface area contributed by atoms with Crippen molar-refractivity contribution in [2.75, 3.05) is 33.7 Å². The van der Waals surface area contributed by atoms with Crippen molar-refractivity contribution in [3.8, 4) is 0 Å². The Balaban J connectivity index is 2.02. The quantitative estimate of drug-likeness (QED) is 0.766. The van der Waals surface area contributed by atoms with Crippen molar-refractivity contribution in [2.45, 2.75) is 39.6 Å². The van der Waals surface area contributed by atoms with Gasteiger partial charge in [-0.25, -0.2) is 4.68 Å². The number of nitrogens with zero attached hydrogens (tertiary/aromatic N) is 5. The minimum atomic E-state index is -0.0557. The summed E-state index contributed by atoms with van der Waals surface area (Å²) in [6.07, 6.45) is 2.22. The zero-order valence-electron chi connectivity index (χ0n) is 13.3. The van der Waals surface area contributed by atoms with Crippen molar-refractivity contribution < 1.29 is 5.11 Å². The highest BCUT2D eigenvalue weighted by atomic mass is 32.1. The third-order valence-electron chi connectivity index (χ3n) is 3.92. The average Bonchev–Trinajstić information content (AvgIpc) is 2.98. The van der Waals surface area contributed by atoms with Crippen LogP contribution in [0.1, 0.15) is 25.6 Å².